The molecule has 2 aromatic rings. The number of hydrogen-bond donors (Lipinski definition) is 2. The Balaban J connectivity index is 1.57. The number of ether oxygens (including phenoxy) is 1. The summed E-state index contributed by atoms with van der Waals surface area (Å²) in [6.45, 7) is 6.52. The Labute approximate surface area is 185 Å². The van der Waals surface area contributed by atoms with Gasteiger partial charge in [-0.3, -0.25) is 14.4 Å². The molecule has 0 aliphatic carbocycles. The summed E-state index contributed by atoms with van der Waals surface area (Å²) in [4.78, 5) is 13.3. The number of carboxylic acids is 1. The number of piperidine rings is 1. The van der Waals surface area contributed by atoms with Gasteiger partial charge in [0.1, 0.15) is 12.4 Å². The second-order valence-electron chi connectivity index (χ2n) is 8.42. The lowest BCUT2D eigenvalue weighted by atomic mass is 9.94. The zero-order valence-electron chi connectivity index (χ0n) is 18.8. The fourth-order valence-electron chi connectivity index (χ4n) is 4.16. The van der Waals surface area contributed by atoms with Crippen LogP contribution in [0.4, 0.5) is 5.69 Å². The lowest BCUT2D eigenvalue weighted by Crippen LogP contribution is -2.37. The molecule has 2 N–H and O–H groups in total. The number of anilines is 1. The van der Waals surface area contributed by atoms with Crippen molar-refractivity contribution < 1.29 is 14.6 Å². The third kappa shape index (κ3) is 6.99. The van der Waals surface area contributed by atoms with Crippen LogP contribution in [0.5, 0.6) is 5.75 Å². The molecular weight excluding hydrogens is 392 g/mol. The van der Waals surface area contributed by atoms with Crippen molar-refractivity contribution in [3.05, 3.63) is 30.5 Å². The molecule has 3 rings (SSSR count). The number of nitrogens with one attached hydrogen (secondary N) is 1. The molecule has 1 aliphatic rings. The van der Waals surface area contributed by atoms with Crippen LogP contribution in [0.1, 0.15) is 45.4 Å². The van der Waals surface area contributed by atoms with Crippen LogP contribution in [0, 0.1) is 5.92 Å². The Bertz CT molecular complexity index is 828. The minimum atomic E-state index is -0.687. The minimum Gasteiger partial charge on any atom is -0.492 e. The summed E-state index contributed by atoms with van der Waals surface area (Å²) in [7, 11) is 1.95. The summed E-state index contributed by atoms with van der Waals surface area (Å²) in [5.41, 5.74) is 3.17. The van der Waals surface area contributed by atoms with Crippen LogP contribution in [0.2, 0.25) is 0 Å². The molecule has 31 heavy (non-hydrogen) atoms. The Kier molecular flexibility index (Phi) is 8.76. The maximum Gasteiger partial charge on any atom is 0.303 e. The zero-order chi connectivity index (χ0) is 22.1. The first-order chi connectivity index (χ1) is 15.1. The Hall–Kier alpha value is -2.54. The van der Waals surface area contributed by atoms with Crippen molar-refractivity contribution in [2.75, 3.05) is 38.1 Å². The van der Waals surface area contributed by atoms with Crippen LogP contribution in [0.3, 0.4) is 0 Å². The molecule has 7 nitrogen and oxygen atoms in total. The summed E-state index contributed by atoms with van der Waals surface area (Å²) < 4.78 is 8.07. The van der Waals surface area contributed by atoms with Crippen molar-refractivity contribution in [1.82, 2.24) is 14.7 Å². The maximum absolute atomic E-state index is 10.9. The van der Waals surface area contributed by atoms with Crippen LogP contribution in [-0.4, -0.2) is 58.5 Å². The number of aliphatic carboxylic acids is 1. The number of rotatable bonds is 12. The summed E-state index contributed by atoms with van der Waals surface area (Å²) in [5, 5.41) is 16.8. The van der Waals surface area contributed by atoms with Crippen molar-refractivity contribution in [3.63, 3.8) is 0 Å². The van der Waals surface area contributed by atoms with Crippen molar-refractivity contribution in [2.45, 2.75) is 45.4 Å². The van der Waals surface area contributed by atoms with Crippen molar-refractivity contribution in [3.8, 4) is 17.0 Å². The predicted molar refractivity (Wildman–Crippen MR) is 124 cm³/mol. The molecule has 0 atom stereocenters. The Morgan fingerprint density at radius 1 is 1.26 bits per heavy atom. The molecule has 0 bridgehead atoms. The molecule has 1 aromatic carbocycles. The second-order valence-corrected chi connectivity index (χ2v) is 8.42. The van der Waals surface area contributed by atoms with E-state index in [-0.39, 0.29) is 6.42 Å². The van der Waals surface area contributed by atoms with Gasteiger partial charge in [0.05, 0.1) is 5.69 Å². The average Bonchev–Trinajstić information content (AvgIpc) is 3.18. The highest BCUT2D eigenvalue weighted by Crippen LogP contribution is 2.32. The molecule has 0 unspecified atom stereocenters. The normalized spacial score (nSPS) is 15.2. The van der Waals surface area contributed by atoms with E-state index in [9.17, 15) is 4.79 Å². The van der Waals surface area contributed by atoms with E-state index < -0.39 is 5.97 Å². The Morgan fingerprint density at radius 2 is 2.06 bits per heavy atom. The smallest absolute Gasteiger partial charge is 0.303 e. The molecule has 1 aliphatic heterocycles. The van der Waals surface area contributed by atoms with Crippen LogP contribution in [0.25, 0.3) is 11.3 Å². The largest absolute Gasteiger partial charge is 0.492 e. The van der Waals surface area contributed by atoms with Gasteiger partial charge in [-0.1, -0.05) is 19.8 Å². The molecule has 1 fully saturated rings. The SMILES string of the molecule is CCCCCNc1ccc(OCCN2CCC(CC(=O)O)CC2)c(-c2ccnn2C)c1. The van der Waals surface area contributed by atoms with E-state index >= 15 is 0 Å². The van der Waals surface area contributed by atoms with Crippen LogP contribution < -0.4 is 10.1 Å². The molecule has 0 amide bonds. The first-order valence-corrected chi connectivity index (χ1v) is 11.5. The minimum absolute atomic E-state index is 0.289. The van der Waals surface area contributed by atoms with Gasteiger partial charge in [0, 0.05) is 44.0 Å². The lowest BCUT2D eigenvalue weighted by Gasteiger charge is -2.31. The van der Waals surface area contributed by atoms with Crippen molar-refractivity contribution in [2.24, 2.45) is 13.0 Å². The molecule has 1 saturated heterocycles. The molecule has 1 aromatic heterocycles. The van der Waals surface area contributed by atoms with Gasteiger partial charge in [-0.2, -0.15) is 5.10 Å². The molecule has 7 heteroatoms. The molecule has 0 radical (unpaired) electrons. The van der Waals surface area contributed by atoms with E-state index in [1.807, 2.05) is 30.1 Å². The zero-order valence-corrected chi connectivity index (χ0v) is 18.8. The molecular formula is C24H36N4O3. The fourth-order valence-corrected chi connectivity index (χ4v) is 4.16. The van der Waals surface area contributed by atoms with E-state index in [4.69, 9.17) is 9.84 Å². The number of likely N-dealkylation sites (tertiary alicyclic amines) is 1. The summed E-state index contributed by atoms with van der Waals surface area (Å²) in [6, 6.07) is 8.29. The van der Waals surface area contributed by atoms with Gasteiger partial charge in [-0.25, -0.2) is 0 Å². The number of hydrogen-bond acceptors (Lipinski definition) is 5. The van der Waals surface area contributed by atoms with Gasteiger partial charge in [-0.05, 0) is 62.5 Å². The van der Waals surface area contributed by atoms with E-state index in [0.29, 0.717) is 12.5 Å². The van der Waals surface area contributed by atoms with Crippen LogP contribution in [-0.2, 0) is 11.8 Å². The first-order valence-electron chi connectivity index (χ1n) is 11.5. The number of carboxylic acid groups (broad SMARTS) is 1. The van der Waals surface area contributed by atoms with Crippen molar-refractivity contribution >= 4 is 11.7 Å². The quantitative estimate of drug-likeness (QED) is 0.492. The highest BCUT2D eigenvalue weighted by Gasteiger charge is 2.21. The third-order valence-electron chi connectivity index (χ3n) is 6.02. The number of benzene rings is 1. The van der Waals surface area contributed by atoms with Gasteiger partial charge in [0.25, 0.3) is 0 Å². The lowest BCUT2D eigenvalue weighted by molar-refractivity contribution is -0.138. The van der Waals surface area contributed by atoms with E-state index in [1.165, 1.54) is 19.3 Å². The Morgan fingerprint density at radius 3 is 2.74 bits per heavy atom. The van der Waals surface area contributed by atoms with E-state index in [2.05, 4.69) is 34.4 Å². The van der Waals surface area contributed by atoms with Crippen molar-refractivity contribution in [1.29, 1.82) is 0 Å². The molecule has 2 heterocycles. The monoisotopic (exact) mass is 428 g/mol. The number of nitrogens with zero attached hydrogens (tertiary/aromatic N) is 3. The molecule has 0 spiro atoms. The van der Waals surface area contributed by atoms with Gasteiger partial charge in [0.2, 0.25) is 0 Å². The molecule has 170 valence electrons. The summed E-state index contributed by atoms with van der Waals surface area (Å²) >= 11 is 0. The second kappa shape index (κ2) is 11.7. The van der Waals surface area contributed by atoms with E-state index in [1.54, 1.807) is 0 Å². The standard InChI is InChI=1S/C24H36N4O3/c1-3-4-5-11-25-20-6-7-23(21(18-20)22-8-12-26-27(22)2)31-16-15-28-13-9-19(10-14-28)17-24(29)30/h6-8,12,18-19,25H,3-5,9-11,13-17H2,1-2H3,(H,29,30). The predicted octanol–water partition coefficient (Wildman–Crippen LogP) is 4.25. The maximum atomic E-state index is 10.9. The number of carbonyl (C=O) groups is 1. The number of unbranched alkanes of at least 4 members (excludes halogenated alkanes) is 2. The number of aromatic nitrogens is 2. The topological polar surface area (TPSA) is 79.6 Å². The highest BCUT2D eigenvalue weighted by molar-refractivity contribution is 5.72. The van der Waals surface area contributed by atoms with Gasteiger partial charge in [0.15, 0.2) is 0 Å². The van der Waals surface area contributed by atoms with Gasteiger partial charge < -0.3 is 15.2 Å². The highest BCUT2D eigenvalue weighted by atomic mass is 16.5. The van der Waals surface area contributed by atoms with Crippen LogP contribution in [0.15, 0.2) is 30.5 Å². The number of aryl methyl sites for hydroxylation is 1. The average molecular weight is 429 g/mol. The molecule has 0 saturated carbocycles. The van der Waals surface area contributed by atoms with E-state index in [0.717, 1.165) is 61.7 Å². The first kappa shape index (κ1) is 23.1. The summed E-state index contributed by atoms with van der Waals surface area (Å²) in [5.74, 6) is 0.486. The van der Waals surface area contributed by atoms with Gasteiger partial charge in [-0.15, -0.1) is 0 Å². The van der Waals surface area contributed by atoms with Gasteiger partial charge >= 0.3 is 5.97 Å². The summed E-state index contributed by atoms with van der Waals surface area (Å²) in [6.07, 6.45) is 7.61. The third-order valence-corrected chi connectivity index (χ3v) is 6.02. The fraction of sp³-hybridized carbons (Fsp3) is 0.583. The van der Waals surface area contributed by atoms with Crippen LogP contribution >= 0.6 is 0 Å².